The molecule has 0 radical (unpaired) electrons. The van der Waals surface area contributed by atoms with Gasteiger partial charge in [0.2, 0.25) is 17.6 Å². The summed E-state index contributed by atoms with van der Waals surface area (Å²) in [5, 5.41) is 50.7. The first-order chi connectivity index (χ1) is 18.4. The quantitative estimate of drug-likeness (QED) is 0.166. The fraction of sp³-hybridized carbons (Fsp3) is 0.481. The number of rotatable bonds is 5. The summed E-state index contributed by atoms with van der Waals surface area (Å²) in [6, 6.07) is 1.53. The summed E-state index contributed by atoms with van der Waals surface area (Å²) >= 11 is 0. The number of hydrogen-bond donors (Lipinski definition) is 8. The second-order valence-electron chi connectivity index (χ2n) is 11.7. The Hall–Kier alpha value is -3.78. The zero-order valence-corrected chi connectivity index (χ0v) is 22.9. The Kier molecular flexibility index (Phi) is 7.08. The summed E-state index contributed by atoms with van der Waals surface area (Å²) in [7, 11) is 3.41. The molecule has 0 spiro atoms. The van der Waals surface area contributed by atoms with E-state index in [1.54, 1.807) is 19.0 Å². The van der Waals surface area contributed by atoms with Crippen LogP contribution in [0.5, 0.6) is 11.5 Å². The van der Waals surface area contributed by atoms with Crippen molar-refractivity contribution in [1.82, 2.24) is 5.32 Å². The molecule has 4 rings (SSSR count). The van der Waals surface area contributed by atoms with Crippen LogP contribution in [-0.2, 0) is 20.8 Å². The van der Waals surface area contributed by atoms with Crippen LogP contribution in [0.3, 0.4) is 0 Å². The first kappa shape index (κ1) is 29.2. The lowest BCUT2D eigenvalue weighted by Gasteiger charge is -2.49. The summed E-state index contributed by atoms with van der Waals surface area (Å²) in [4.78, 5) is 52.8. The molecule has 2 aliphatic carbocycles. The van der Waals surface area contributed by atoms with Crippen molar-refractivity contribution in [3.63, 3.8) is 0 Å². The Morgan fingerprint density at radius 1 is 1.15 bits per heavy atom. The lowest BCUT2D eigenvalue weighted by Crippen LogP contribution is -2.73. The van der Waals surface area contributed by atoms with E-state index in [2.05, 4.69) is 10.6 Å². The van der Waals surface area contributed by atoms with Crippen molar-refractivity contribution in [2.45, 2.75) is 50.5 Å². The normalized spacial score (nSPS) is 26.3. The molecule has 0 aliphatic heterocycles. The minimum Gasteiger partial charge on any atom is -0.506 e. The summed E-state index contributed by atoms with van der Waals surface area (Å²) in [6.45, 7) is 5.57. The average molecular weight is 558 g/mol. The van der Waals surface area contributed by atoms with Gasteiger partial charge in [0.1, 0.15) is 17.8 Å². The predicted octanol–water partition coefficient (Wildman–Crippen LogP) is -0.898. The zero-order chi connectivity index (χ0) is 30.1. The summed E-state index contributed by atoms with van der Waals surface area (Å²) in [5.41, 5.74) is 8.51. The maximum Gasteiger partial charge on any atom is 0.238 e. The van der Waals surface area contributed by atoms with Crippen LogP contribution in [0.25, 0.3) is 10.8 Å². The Labute approximate surface area is 230 Å². The molecule has 0 aromatic heterocycles. The maximum atomic E-state index is 13.8. The number of nitrogens with zero attached hydrogens (tertiary/aromatic N) is 1. The van der Waals surface area contributed by atoms with Crippen molar-refractivity contribution in [1.29, 1.82) is 0 Å². The molecular weight excluding hydrogens is 522 g/mol. The second kappa shape index (κ2) is 9.70. The fourth-order valence-corrected chi connectivity index (χ4v) is 5.63. The van der Waals surface area contributed by atoms with Crippen molar-refractivity contribution in [2.24, 2.45) is 23.3 Å². The number of anilines is 2. The molecule has 13 nitrogen and oxygen atoms in total. The second-order valence-corrected chi connectivity index (χ2v) is 11.7. The van der Waals surface area contributed by atoms with E-state index in [1.165, 1.54) is 12.1 Å². The van der Waals surface area contributed by atoms with E-state index in [4.69, 9.17) is 11.5 Å². The minimum atomic E-state index is -2.71. The molecule has 2 aliphatic rings. The molecule has 2 unspecified atom stereocenters. The molecule has 2 aromatic carbocycles. The number of Topliss-reactive ketones (excluding diaryl/α,β-unsaturated/α-hetero) is 2. The van der Waals surface area contributed by atoms with E-state index in [9.17, 15) is 39.6 Å². The number of aliphatic hydroxyl groups is 2. The largest absolute Gasteiger partial charge is 0.506 e. The third kappa shape index (κ3) is 4.44. The number of amides is 2. The van der Waals surface area contributed by atoms with Crippen LogP contribution < -0.4 is 27.0 Å². The molecule has 2 amide bonds. The van der Waals surface area contributed by atoms with Gasteiger partial charge < -0.3 is 47.4 Å². The molecule has 0 bridgehead atoms. The Morgan fingerprint density at radius 2 is 1.77 bits per heavy atom. The van der Waals surface area contributed by atoms with E-state index in [0.717, 1.165) is 0 Å². The molecule has 40 heavy (non-hydrogen) atoms. The molecule has 1 fully saturated rings. The first-order valence-corrected chi connectivity index (χ1v) is 12.7. The monoisotopic (exact) mass is 557 g/mol. The minimum absolute atomic E-state index is 0.0360. The number of hydrogen-bond acceptors (Lipinski definition) is 11. The van der Waals surface area contributed by atoms with Gasteiger partial charge in [-0.2, -0.15) is 0 Å². The number of ketones is 2. The van der Waals surface area contributed by atoms with Crippen molar-refractivity contribution in [3.8, 4) is 11.5 Å². The topological polar surface area (TPSA) is 229 Å². The van der Waals surface area contributed by atoms with Gasteiger partial charge in [-0.05, 0) is 44.9 Å². The maximum absolute atomic E-state index is 13.8. The molecular formula is C27H35N5O8. The third-order valence-electron chi connectivity index (χ3n) is 7.70. The zero-order valence-electron chi connectivity index (χ0n) is 22.9. The van der Waals surface area contributed by atoms with Gasteiger partial charge in [0.25, 0.3) is 0 Å². The highest BCUT2D eigenvalue weighted by molar-refractivity contribution is 6.18. The van der Waals surface area contributed by atoms with E-state index in [-0.39, 0.29) is 35.1 Å². The highest BCUT2D eigenvalue weighted by Crippen LogP contribution is 2.51. The number of nitrogens with two attached hydrogens (primary N) is 2. The number of aromatic hydroxyl groups is 2. The van der Waals surface area contributed by atoms with Crippen LogP contribution in [-0.4, -0.2) is 87.7 Å². The number of phenolic OH excluding ortho intramolecular Hbond substituents is 2. The van der Waals surface area contributed by atoms with Gasteiger partial charge in [0.05, 0.1) is 29.2 Å². The average Bonchev–Trinajstić information content (AvgIpc) is 2.84. The molecule has 5 atom stereocenters. The Morgan fingerprint density at radius 3 is 2.33 bits per heavy atom. The van der Waals surface area contributed by atoms with E-state index < -0.39 is 70.0 Å². The molecule has 1 saturated carbocycles. The van der Waals surface area contributed by atoms with Crippen molar-refractivity contribution < 1.29 is 39.6 Å². The Bertz CT molecular complexity index is 1450. The van der Waals surface area contributed by atoms with Gasteiger partial charge in [-0.1, -0.05) is 0 Å². The highest BCUT2D eigenvalue weighted by Gasteiger charge is 2.64. The third-order valence-corrected chi connectivity index (χ3v) is 7.70. The summed E-state index contributed by atoms with van der Waals surface area (Å²) < 4.78 is 0. The summed E-state index contributed by atoms with van der Waals surface area (Å²) in [6.07, 6.45) is -2.41. The first-order valence-electron chi connectivity index (χ1n) is 12.7. The molecule has 10 N–H and O–H groups in total. The van der Waals surface area contributed by atoms with E-state index in [1.807, 2.05) is 20.8 Å². The van der Waals surface area contributed by atoms with Gasteiger partial charge in [-0.15, -0.1) is 0 Å². The lowest BCUT2D eigenvalue weighted by atomic mass is 9.58. The van der Waals surface area contributed by atoms with Crippen LogP contribution in [0, 0.1) is 11.8 Å². The molecule has 0 heterocycles. The molecule has 216 valence electrons. The fourth-order valence-electron chi connectivity index (χ4n) is 5.63. The van der Waals surface area contributed by atoms with Crippen LogP contribution >= 0.6 is 0 Å². The number of benzene rings is 2. The standard InChI is InChI=1S/C27H35N5O8/c1-26(2,3)30-9-15(33)31-13-8-14(32(4)5)11-6-10-7-12-19(28)22(36)18(25(29)39)24(38)27(12,40)23(37)16(10)21(35)17(11)20(13)34/h6,8,12,18-19,24,30,34-35,38,40H,7,9,28H2,1-5H3,(H2,29,39)(H,31,33)/t12-,18?,19-,24?,27-/m0/s1. The number of fused-ring (bicyclic) bond motifs is 3. The SMILES string of the molecule is CN(C)c1cc(NC(=O)CNC(C)(C)C)c(O)c2c(O)c3c(cc12)C[C@H]1[C@H](N)C(=O)C(C(N)=O)C(O)[C@@]1(O)C3=O. The van der Waals surface area contributed by atoms with Gasteiger partial charge in [0, 0.05) is 36.6 Å². The highest BCUT2D eigenvalue weighted by atomic mass is 16.4. The lowest BCUT2D eigenvalue weighted by molar-refractivity contribution is -0.166. The number of primary amides is 1. The number of phenols is 2. The molecule has 13 heteroatoms. The van der Waals surface area contributed by atoms with Crippen molar-refractivity contribution in [2.75, 3.05) is 30.9 Å². The van der Waals surface area contributed by atoms with Gasteiger partial charge >= 0.3 is 0 Å². The van der Waals surface area contributed by atoms with Crippen molar-refractivity contribution in [3.05, 3.63) is 23.3 Å². The Balaban J connectivity index is 1.90. The van der Waals surface area contributed by atoms with Gasteiger partial charge in [-0.3, -0.25) is 19.2 Å². The number of carbonyl (C=O) groups excluding carboxylic acids is 4. The van der Waals surface area contributed by atoms with Gasteiger partial charge in [-0.25, -0.2) is 0 Å². The van der Waals surface area contributed by atoms with E-state index >= 15 is 0 Å². The smallest absolute Gasteiger partial charge is 0.238 e. The van der Waals surface area contributed by atoms with Crippen LogP contribution in [0.1, 0.15) is 36.7 Å². The van der Waals surface area contributed by atoms with Crippen LogP contribution in [0.15, 0.2) is 12.1 Å². The van der Waals surface area contributed by atoms with E-state index in [0.29, 0.717) is 11.1 Å². The van der Waals surface area contributed by atoms with Crippen LogP contribution in [0.4, 0.5) is 11.4 Å². The predicted molar refractivity (Wildman–Crippen MR) is 146 cm³/mol. The number of aliphatic hydroxyl groups excluding tert-OH is 1. The number of nitrogens with one attached hydrogen (secondary N) is 2. The molecule has 0 saturated heterocycles. The summed E-state index contributed by atoms with van der Waals surface area (Å²) in [5.74, 6) is -8.27. The molecule has 2 aromatic rings. The van der Waals surface area contributed by atoms with Crippen LogP contribution in [0.2, 0.25) is 0 Å². The van der Waals surface area contributed by atoms with Gasteiger partial charge in [0.15, 0.2) is 17.1 Å². The number of carbonyl (C=O) groups is 4. The van der Waals surface area contributed by atoms with Crippen molar-refractivity contribution >= 4 is 45.5 Å².